The summed E-state index contributed by atoms with van der Waals surface area (Å²) in [5.74, 6) is 0.179. The second kappa shape index (κ2) is 13.6. The zero-order valence-electron chi connectivity index (χ0n) is 34.7. The van der Waals surface area contributed by atoms with Crippen LogP contribution < -0.4 is 4.90 Å². The summed E-state index contributed by atoms with van der Waals surface area (Å²) in [7, 11) is 0. The Morgan fingerprint density at radius 3 is 1.72 bits per heavy atom. The molecule has 300 valence electrons. The van der Waals surface area contributed by atoms with Crippen LogP contribution in [0.5, 0.6) is 0 Å². The van der Waals surface area contributed by atoms with Gasteiger partial charge >= 0.3 is 0 Å². The number of hydrogen-bond donors (Lipinski definition) is 0. The van der Waals surface area contributed by atoms with Gasteiger partial charge in [0.1, 0.15) is 22.3 Å². The molecule has 0 radical (unpaired) electrons. The molecule has 0 bridgehead atoms. The van der Waals surface area contributed by atoms with E-state index in [0.717, 1.165) is 66.3 Å². The van der Waals surface area contributed by atoms with Gasteiger partial charge in [0.2, 0.25) is 0 Å². The van der Waals surface area contributed by atoms with Gasteiger partial charge in [-0.3, -0.25) is 0 Å². The average molecular weight is 819 g/mol. The highest BCUT2D eigenvalue weighted by Crippen LogP contribution is 2.51. The van der Waals surface area contributed by atoms with Crippen LogP contribution in [-0.4, -0.2) is 10.6 Å². The third kappa shape index (κ3) is 5.29. The molecule has 2 atom stereocenters. The van der Waals surface area contributed by atoms with Crippen LogP contribution in [-0.2, 0) is 0 Å². The van der Waals surface area contributed by atoms with E-state index < -0.39 is 0 Å². The van der Waals surface area contributed by atoms with Crippen molar-refractivity contribution in [1.29, 1.82) is 0 Å². The van der Waals surface area contributed by atoms with E-state index in [9.17, 15) is 0 Å². The van der Waals surface area contributed by atoms with Gasteiger partial charge in [-0.05, 0) is 112 Å². The zero-order valence-corrected chi connectivity index (χ0v) is 34.7. The third-order valence-corrected chi connectivity index (χ3v) is 13.7. The van der Waals surface area contributed by atoms with E-state index in [1.807, 2.05) is 18.2 Å². The Morgan fingerprint density at radius 1 is 0.375 bits per heavy atom. The van der Waals surface area contributed by atoms with Gasteiger partial charge in [0.15, 0.2) is 0 Å². The molecule has 3 aromatic heterocycles. The first-order valence-corrected chi connectivity index (χ1v) is 22.1. The molecule has 0 N–H and O–H groups in total. The van der Waals surface area contributed by atoms with Gasteiger partial charge in [-0.25, -0.2) is 0 Å². The second-order valence-electron chi connectivity index (χ2n) is 17.2. The number of rotatable bonds is 5. The van der Waals surface area contributed by atoms with Crippen LogP contribution in [0.15, 0.2) is 227 Å². The van der Waals surface area contributed by atoms with Crippen LogP contribution in [0, 0.1) is 0 Å². The maximum atomic E-state index is 6.30. The number of anilines is 2. The van der Waals surface area contributed by atoms with E-state index in [2.05, 4.69) is 210 Å². The largest absolute Gasteiger partial charge is 0.456 e. The van der Waals surface area contributed by atoms with Gasteiger partial charge in [0.25, 0.3) is 0 Å². The zero-order chi connectivity index (χ0) is 41.9. The number of hydrogen-bond acceptors (Lipinski definition) is 3. The standard InChI is InChI=1S/C60H38N2O2/c1-3-11-37(12-4-1)39-21-27-53-49(31-39)45-25-19-41(33-55(45)61(53)43-23-29-59-51(35-43)47-15-7-9-17-57(47)63-59)42-20-26-46-50-32-40(38-13-5-2-6-14-38)22-28-54(50)62(56(46)34-42)44-24-30-60-52(36-44)48-16-8-10-18-58(48)64-60/h1-36,49,53H. The molecule has 9 aromatic carbocycles. The average Bonchev–Trinajstić information content (AvgIpc) is 4.11. The van der Waals surface area contributed by atoms with Crippen molar-refractivity contribution in [2.24, 2.45) is 0 Å². The Labute approximate surface area is 368 Å². The fourth-order valence-corrected chi connectivity index (χ4v) is 10.7. The van der Waals surface area contributed by atoms with Crippen molar-refractivity contribution in [2.75, 3.05) is 4.90 Å². The summed E-state index contributed by atoms with van der Waals surface area (Å²) in [4.78, 5) is 2.55. The van der Waals surface area contributed by atoms with E-state index in [1.165, 1.54) is 55.4 Å². The predicted molar refractivity (Wildman–Crippen MR) is 265 cm³/mol. The van der Waals surface area contributed by atoms with Crippen LogP contribution in [0.25, 0.3) is 99.2 Å². The van der Waals surface area contributed by atoms with Crippen molar-refractivity contribution in [1.82, 2.24) is 4.57 Å². The minimum absolute atomic E-state index is 0.117. The molecule has 4 nitrogen and oxygen atoms in total. The number of fused-ring (bicyclic) bond motifs is 12. The molecule has 0 amide bonds. The summed E-state index contributed by atoms with van der Waals surface area (Å²) >= 11 is 0. The molecule has 14 rings (SSSR count). The van der Waals surface area contributed by atoms with Gasteiger partial charge in [0, 0.05) is 55.3 Å². The lowest BCUT2D eigenvalue weighted by Gasteiger charge is -2.30. The Balaban J connectivity index is 0.960. The number of furan rings is 2. The van der Waals surface area contributed by atoms with Crippen molar-refractivity contribution in [3.63, 3.8) is 0 Å². The lowest BCUT2D eigenvalue weighted by Crippen LogP contribution is -2.28. The Kier molecular flexibility index (Phi) is 7.48. The van der Waals surface area contributed by atoms with Crippen molar-refractivity contribution in [3.05, 3.63) is 230 Å². The second-order valence-corrected chi connectivity index (χ2v) is 17.2. The third-order valence-electron chi connectivity index (χ3n) is 13.7. The Hall–Kier alpha value is -8.34. The topological polar surface area (TPSA) is 34.5 Å². The normalized spacial score (nSPS) is 15.8. The van der Waals surface area contributed by atoms with Gasteiger partial charge in [-0.2, -0.15) is 0 Å². The summed E-state index contributed by atoms with van der Waals surface area (Å²) in [5, 5.41) is 6.93. The maximum absolute atomic E-state index is 6.30. The molecule has 0 fully saturated rings. The molecule has 0 spiro atoms. The van der Waals surface area contributed by atoms with E-state index >= 15 is 0 Å². The summed E-state index contributed by atoms with van der Waals surface area (Å²) in [6, 6.07) is 72.5. The lowest BCUT2D eigenvalue weighted by atomic mass is 9.86. The van der Waals surface area contributed by atoms with Gasteiger partial charge in [-0.1, -0.05) is 146 Å². The summed E-state index contributed by atoms with van der Waals surface area (Å²) in [6.45, 7) is 0. The number of allylic oxidation sites excluding steroid dienone is 2. The fraction of sp³-hybridized carbons (Fsp3) is 0.0333. The quantitative estimate of drug-likeness (QED) is 0.173. The molecule has 4 heterocycles. The number of nitrogens with zero attached hydrogens (tertiary/aromatic N) is 2. The van der Waals surface area contributed by atoms with Crippen LogP contribution in [0.1, 0.15) is 17.0 Å². The molecule has 0 saturated carbocycles. The predicted octanol–water partition coefficient (Wildman–Crippen LogP) is 16.2. The first-order chi connectivity index (χ1) is 31.7. The van der Waals surface area contributed by atoms with E-state index in [-0.39, 0.29) is 12.0 Å². The number of para-hydroxylation sites is 2. The Bertz CT molecular complexity index is 3920. The lowest BCUT2D eigenvalue weighted by molar-refractivity contribution is 0.668. The van der Waals surface area contributed by atoms with Crippen molar-refractivity contribution in [2.45, 2.75) is 12.0 Å². The SMILES string of the molecule is C1=CC2C(C=C1c1ccccc1)c1ccc(-c3ccc4c5cc(-c6ccccc6)ccc5n(-c5ccc6oc7ccccc7c6c5)c4c3)cc1N2c1ccc2oc3ccccc3c2c1. The van der Waals surface area contributed by atoms with Crippen molar-refractivity contribution >= 4 is 82.6 Å². The molecule has 0 saturated heterocycles. The Morgan fingerprint density at radius 2 is 0.969 bits per heavy atom. The number of aromatic nitrogens is 1. The van der Waals surface area contributed by atoms with Gasteiger partial charge < -0.3 is 18.3 Å². The van der Waals surface area contributed by atoms with Crippen molar-refractivity contribution < 1.29 is 8.83 Å². The highest BCUT2D eigenvalue weighted by atomic mass is 16.3. The molecule has 2 unspecified atom stereocenters. The van der Waals surface area contributed by atoms with E-state index in [1.54, 1.807) is 0 Å². The first-order valence-electron chi connectivity index (χ1n) is 22.1. The molecule has 1 aliphatic heterocycles. The minimum atomic E-state index is 0.117. The highest BCUT2D eigenvalue weighted by molar-refractivity contribution is 6.13. The van der Waals surface area contributed by atoms with E-state index in [4.69, 9.17) is 8.83 Å². The van der Waals surface area contributed by atoms with Crippen LogP contribution in [0.3, 0.4) is 0 Å². The molecule has 64 heavy (non-hydrogen) atoms. The summed E-state index contributed by atoms with van der Waals surface area (Å²) in [5.41, 5.74) is 18.0. The molecular weight excluding hydrogens is 781 g/mol. The molecular formula is C60H38N2O2. The van der Waals surface area contributed by atoms with Gasteiger partial charge in [0.05, 0.1) is 17.1 Å². The van der Waals surface area contributed by atoms with Gasteiger partial charge in [-0.15, -0.1) is 0 Å². The highest BCUT2D eigenvalue weighted by Gasteiger charge is 2.39. The molecule has 2 aliphatic rings. The van der Waals surface area contributed by atoms with E-state index in [0.29, 0.717) is 0 Å². The smallest absolute Gasteiger partial charge is 0.135 e. The monoisotopic (exact) mass is 818 g/mol. The van der Waals surface area contributed by atoms with Crippen LogP contribution >= 0.6 is 0 Å². The van der Waals surface area contributed by atoms with Crippen LogP contribution in [0.2, 0.25) is 0 Å². The summed E-state index contributed by atoms with van der Waals surface area (Å²) < 4.78 is 15.0. The molecule has 12 aromatic rings. The van der Waals surface area contributed by atoms with Crippen LogP contribution in [0.4, 0.5) is 11.4 Å². The number of benzene rings is 9. The summed E-state index contributed by atoms with van der Waals surface area (Å²) in [6.07, 6.45) is 7.18. The first kappa shape index (κ1) is 35.3. The minimum Gasteiger partial charge on any atom is -0.456 e. The fourth-order valence-electron chi connectivity index (χ4n) is 10.7. The van der Waals surface area contributed by atoms with Crippen molar-refractivity contribution in [3.8, 4) is 27.9 Å². The molecule has 4 heteroatoms. The maximum Gasteiger partial charge on any atom is 0.135 e. The molecule has 1 aliphatic carbocycles.